The van der Waals surface area contributed by atoms with E-state index in [2.05, 4.69) is 22.1 Å². The molecule has 8 heteroatoms. The van der Waals surface area contributed by atoms with Crippen LogP contribution >= 0.6 is 0 Å². The first kappa shape index (κ1) is 19.0. The second-order valence-electron chi connectivity index (χ2n) is 8.42. The van der Waals surface area contributed by atoms with E-state index in [9.17, 15) is 4.39 Å². The van der Waals surface area contributed by atoms with E-state index in [1.807, 2.05) is 23.9 Å². The molecule has 6 rings (SSSR count). The van der Waals surface area contributed by atoms with Gasteiger partial charge in [-0.15, -0.1) is 0 Å². The lowest BCUT2D eigenvalue weighted by Gasteiger charge is -2.22. The molecule has 7 nitrogen and oxygen atoms in total. The minimum atomic E-state index is -0.453. The third kappa shape index (κ3) is 2.68. The summed E-state index contributed by atoms with van der Waals surface area (Å²) in [7, 11) is 0. The Morgan fingerprint density at radius 1 is 1.25 bits per heavy atom. The number of hydrogen-bond donors (Lipinski definition) is 2. The molecule has 2 aliphatic rings. The third-order valence-corrected chi connectivity index (χ3v) is 6.61. The van der Waals surface area contributed by atoms with Crippen LogP contribution in [-0.4, -0.2) is 25.0 Å². The fourth-order valence-corrected chi connectivity index (χ4v) is 5.15. The number of halogens is 1. The van der Waals surface area contributed by atoms with E-state index in [-0.39, 0.29) is 11.7 Å². The standard InChI is InChI=1S/C24H23FN6O/c1-3-31-23-13-8-20(24(26)27-10-13)32-12(2)17-9-14(25)4-5-16(17)22-18(11-28-29-22)15-6-7-19(30-31)21(15)23/h4-5,8-12,15H,3,6-7H2,1-2H3,(H2,26,27)(H,28,29)/t12-,15?/m1/s1. The predicted molar refractivity (Wildman–Crippen MR) is 119 cm³/mol. The fraction of sp³-hybridized carbons (Fsp3) is 0.292. The zero-order chi connectivity index (χ0) is 22.0. The monoisotopic (exact) mass is 430 g/mol. The molecule has 0 saturated carbocycles. The molecule has 0 spiro atoms. The maximum absolute atomic E-state index is 14.3. The van der Waals surface area contributed by atoms with Gasteiger partial charge in [0.15, 0.2) is 11.6 Å². The molecule has 0 saturated heterocycles. The molecule has 2 atom stereocenters. The third-order valence-electron chi connectivity index (χ3n) is 6.61. The van der Waals surface area contributed by atoms with Crippen LogP contribution in [0.3, 0.4) is 0 Å². The van der Waals surface area contributed by atoms with Crippen LogP contribution in [0.4, 0.5) is 10.2 Å². The first-order valence-corrected chi connectivity index (χ1v) is 10.9. The van der Waals surface area contributed by atoms with Crippen LogP contribution in [0.25, 0.3) is 22.5 Å². The molecule has 1 unspecified atom stereocenters. The molecule has 0 radical (unpaired) electrons. The number of H-pyrrole nitrogens is 1. The number of fused-ring (bicyclic) bond motifs is 7. The Morgan fingerprint density at radius 3 is 2.97 bits per heavy atom. The van der Waals surface area contributed by atoms with Crippen LogP contribution in [0.1, 0.15) is 54.7 Å². The van der Waals surface area contributed by atoms with Crippen molar-refractivity contribution < 1.29 is 9.13 Å². The van der Waals surface area contributed by atoms with Crippen molar-refractivity contribution in [3.05, 3.63) is 64.9 Å². The van der Waals surface area contributed by atoms with Gasteiger partial charge in [-0.25, -0.2) is 9.37 Å². The highest BCUT2D eigenvalue weighted by atomic mass is 19.1. The molecule has 1 aliphatic carbocycles. The maximum atomic E-state index is 14.3. The first-order chi connectivity index (χ1) is 15.5. The van der Waals surface area contributed by atoms with Crippen LogP contribution in [0.2, 0.25) is 0 Å². The number of anilines is 1. The zero-order valence-electron chi connectivity index (χ0n) is 17.9. The van der Waals surface area contributed by atoms with Crippen molar-refractivity contribution in [2.24, 2.45) is 0 Å². The number of ether oxygens (including phenoxy) is 1. The second-order valence-corrected chi connectivity index (χ2v) is 8.42. The van der Waals surface area contributed by atoms with Gasteiger partial charge in [0.25, 0.3) is 0 Å². The molecule has 0 fully saturated rings. The van der Waals surface area contributed by atoms with Gasteiger partial charge in [-0.2, -0.15) is 10.2 Å². The van der Waals surface area contributed by atoms with Crippen molar-refractivity contribution in [3.8, 4) is 28.3 Å². The van der Waals surface area contributed by atoms with Crippen molar-refractivity contribution >= 4 is 5.82 Å². The molecule has 162 valence electrons. The lowest BCUT2D eigenvalue weighted by atomic mass is 9.88. The Morgan fingerprint density at radius 2 is 2.12 bits per heavy atom. The maximum Gasteiger partial charge on any atom is 0.166 e. The van der Waals surface area contributed by atoms with Crippen LogP contribution < -0.4 is 10.5 Å². The molecular weight excluding hydrogens is 407 g/mol. The van der Waals surface area contributed by atoms with E-state index in [0.717, 1.165) is 58.7 Å². The number of benzene rings is 1. The van der Waals surface area contributed by atoms with Crippen molar-refractivity contribution in [3.63, 3.8) is 0 Å². The summed E-state index contributed by atoms with van der Waals surface area (Å²) in [5, 5.41) is 12.5. The quantitative estimate of drug-likeness (QED) is 0.460. The SMILES string of the molecule is CCn1nc2c3c1-c1cnc(N)c(c1)O[C@H](C)c1cc(F)ccc1-c1[nH]ncc1C3CC2. The summed E-state index contributed by atoms with van der Waals surface area (Å²) in [6.45, 7) is 4.72. The molecular formula is C24H23FN6O. The number of nitrogens with zero attached hydrogens (tertiary/aromatic N) is 4. The van der Waals surface area contributed by atoms with Gasteiger partial charge in [0.05, 0.1) is 23.3 Å². The molecule has 4 heterocycles. The second kappa shape index (κ2) is 6.91. The van der Waals surface area contributed by atoms with Crippen molar-refractivity contribution in [2.75, 3.05) is 5.73 Å². The molecule has 3 aromatic heterocycles. The normalized spacial score (nSPS) is 18.7. The lowest BCUT2D eigenvalue weighted by molar-refractivity contribution is 0.227. The summed E-state index contributed by atoms with van der Waals surface area (Å²) in [4.78, 5) is 4.42. The number of hydrogen-bond acceptors (Lipinski definition) is 5. The largest absolute Gasteiger partial charge is 0.482 e. The fourth-order valence-electron chi connectivity index (χ4n) is 5.15. The highest BCUT2D eigenvalue weighted by molar-refractivity contribution is 5.74. The summed E-state index contributed by atoms with van der Waals surface area (Å²) < 4.78 is 22.6. The Kier molecular flexibility index (Phi) is 4.11. The summed E-state index contributed by atoms with van der Waals surface area (Å²) >= 11 is 0. The summed E-state index contributed by atoms with van der Waals surface area (Å²) in [6, 6.07) is 6.70. The van der Waals surface area contributed by atoms with E-state index in [4.69, 9.17) is 15.6 Å². The van der Waals surface area contributed by atoms with Crippen molar-refractivity contribution in [1.29, 1.82) is 0 Å². The van der Waals surface area contributed by atoms with Gasteiger partial charge < -0.3 is 10.5 Å². The molecule has 2 bridgehead atoms. The van der Waals surface area contributed by atoms with Crippen molar-refractivity contribution in [2.45, 2.75) is 45.3 Å². The highest BCUT2D eigenvalue weighted by Crippen LogP contribution is 2.47. The number of nitrogens with two attached hydrogens (primary N) is 1. The molecule has 0 amide bonds. The number of nitrogens with one attached hydrogen (secondary N) is 1. The highest BCUT2D eigenvalue weighted by Gasteiger charge is 2.35. The molecule has 4 aromatic rings. The minimum Gasteiger partial charge on any atom is -0.482 e. The Bertz CT molecular complexity index is 1360. The Balaban J connectivity index is 1.69. The van der Waals surface area contributed by atoms with Gasteiger partial charge in [0, 0.05) is 46.5 Å². The van der Waals surface area contributed by atoms with Gasteiger partial charge in [0.2, 0.25) is 0 Å². The number of aromatic amines is 1. The van der Waals surface area contributed by atoms with E-state index in [1.165, 1.54) is 17.7 Å². The van der Waals surface area contributed by atoms with Crippen LogP contribution in [0, 0.1) is 5.82 Å². The van der Waals surface area contributed by atoms with E-state index < -0.39 is 6.10 Å². The summed E-state index contributed by atoms with van der Waals surface area (Å²) in [5.74, 6) is 0.585. The first-order valence-electron chi connectivity index (χ1n) is 10.9. The van der Waals surface area contributed by atoms with E-state index >= 15 is 0 Å². The van der Waals surface area contributed by atoms with Crippen LogP contribution in [0.15, 0.2) is 36.7 Å². The number of pyridine rings is 1. The number of aromatic nitrogens is 5. The summed E-state index contributed by atoms with van der Waals surface area (Å²) in [6.07, 6.45) is 5.05. The summed E-state index contributed by atoms with van der Waals surface area (Å²) in [5.41, 5.74) is 14.0. The predicted octanol–water partition coefficient (Wildman–Crippen LogP) is 4.61. The Labute approximate surface area is 184 Å². The topological polar surface area (TPSA) is 94.6 Å². The molecule has 1 aliphatic heterocycles. The average molecular weight is 430 g/mol. The van der Waals surface area contributed by atoms with Crippen LogP contribution in [0.5, 0.6) is 5.75 Å². The molecule has 32 heavy (non-hydrogen) atoms. The minimum absolute atomic E-state index is 0.128. The number of aryl methyl sites for hydroxylation is 2. The van der Waals surface area contributed by atoms with E-state index in [1.54, 1.807) is 12.3 Å². The van der Waals surface area contributed by atoms with Gasteiger partial charge in [-0.3, -0.25) is 9.78 Å². The smallest absolute Gasteiger partial charge is 0.166 e. The molecule has 3 N–H and O–H groups in total. The van der Waals surface area contributed by atoms with Gasteiger partial charge in [0.1, 0.15) is 11.9 Å². The van der Waals surface area contributed by atoms with Crippen molar-refractivity contribution in [1.82, 2.24) is 25.0 Å². The van der Waals surface area contributed by atoms with Gasteiger partial charge in [-0.1, -0.05) is 0 Å². The Hall–Kier alpha value is -3.68. The number of nitrogen functional groups attached to an aromatic ring is 1. The van der Waals surface area contributed by atoms with E-state index in [0.29, 0.717) is 11.6 Å². The lowest BCUT2D eigenvalue weighted by Crippen LogP contribution is -2.11. The van der Waals surface area contributed by atoms with Crippen LogP contribution in [-0.2, 0) is 13.0 Å². The number of rotatable bonds is 1. The molecule has 1 aromatic carbocycles. The van der Waals surface area contributed by atoms with Gasteiger partial charge in [-0.05, 0) is 51.0 Å². The average Bonchev–Trinajstić information content (AvgIpc) is 3.49. The zero-order valence-corrected chi connectivity index (χ0v) is 17.9. The van der Waals surface area contributed by atoms with Gasteiger partial charge >= 0.3 is 0 Å².